The van der Waals surface area contributed by atoms with Crippen LogP contribution in [0.25, 0.3) is 0 Å². The summed E-state index contributed by atoms with van der Waals surface area (Å²) in [7, 11) is 0. The van der Waals surface area contributed by atoms with Gasteiger partial charge in [-0.05, 0) is 32.2 Å². The van der Waals surface area contributed by atoms with E-state index in [0.29, 0.717) is 11.9 Å². The molecule has 2 fully saturated rings. The van der Waals surface area contributed by atoms with Gasteiger partial charge in [-0.3, -0.25) is 9.69 Å². The zero-order valence-corrected chi connectivity index (χ0v) is 12.5. The second kappa shape index (κ2) is 4.88. The van der Waals surface area contributed by atoms with Gasteiger partial charge in [-0.2, -0.15) is 0 Å². The van der Waals surface area contributed by atoms with Crippen LogP contribution in [0.5, 0.6) is 0 Å². The van der Waals surface area contributed by atoms with Crippen LogP contribution < -0.4 is 5.32 Å². The summed E-state index contributed by atoms with van der Waals surface area (Å²) in [4.78, 5) is 14.7. The Morgan fingerprint density at radius 2 is 2.15 bits per heavy atom. The molecule has 0 radical (unpaired) electrons. The van der Waals surface area contributed by atoms with E-state index in [2.05, 4.69) is 36.1 Å². The standard InChI is InChI=1S/C15H23N3O2/c1-15(2,3)12-9-13(17-20-12)16-14(19)11-5-4-8-18(11)10-6-7-10/h9-11H,4-8H2,1-3H3,(H,16,17,19). The van der Waals surface area contributed by atoms with Crippen molar-refractivity contribution in [2.75, 3.05) is 11.9 Å². The molecule has 1 aromatic heterocycles. The lowest BCUT2D eigenvalue weighted by Gasteiger charge is -2.22. The molecule has 1 unspecified atom stereocenters. The van der Waals surface area contributed by atoms with Gasteiger partial charge in [-0.15, -0.1) is 0 Å². The van der Waals surface area contributed by atoms with Gasteiger partial charge in [0.05, 0.1) is 6.04 Å². The van der Waals surface area contributed by atoms with Gasteiger partial charge in [0.1, 0.15) is 5.76 Å². The second-order valence-electron chi connectivity index (χ2n) is 6.94. The molecule has 110 valence electrons. The van der Waals surface area contributed by atoms with Crippen molar-refractivity contribution < 1.29 is 9.32 Å². The Balaban J connectivity index is 1.65. The van der Waals surface area contributed by atoms with E-state index >= 15 is 0 Å². The molecule has 1 amide bonds. The largest absolute Gasteiger partial charge is 0.359 e. The van der Waals surface area contributed by atoms with Crippen LogP contribution >= 0.6 is 0 Å². The summed E-state index contributed by atoms with van der Waals surface area (Å²) in [6, 6.07) is 2.47. The van der Waals surface area contributed by atoms with Gasteiger partial charge in [0.2, 0.25) is 5.91 Å². The van der Waals surface area contributed by atoms with E-state index in [1.165, 1.54) is 12.8 Å². The number of carbonyl (C=O) groups excluding carboxylic acids is 1. The summed E-state index contributed by atoms with van der Waals surface area (Å²) < 4.78 is 5.30. The number of nitrogens with zero attached hydrogens (tertiary/aromatic N) is 2. The summed E-state index contributed by atoms with van der Waals surface area (Å²) in [6.45, 7) is 7.23. The molecule has 5 heteroatoms. The number of anilines is 1. The number of likely N-dealkylation sites (tertiary alicyclic amines) is 1. The van der Waals surface area contributed by atoms with Crippen LogP contribution in [0.4, 0.5) is 5.82 Å². The van der Waals surface area contributed by atoms with Crippen molar-refractivity contribution in [3.63, 3.8) is 0 Å². The van der Waals surface area contributed by atoms with Gasteiger partial charge in [0.15, 0.2) is 5.82 Å². The van der Waals surface area contributed by atoms with Crippen molar-refractivity contribution in [2.24, 2.45) is 0 Å². The van der Waals surface area contributed by atoms with Gasteiger partial charge in [0.25, 0.3) is 0 Å². The van der Waals surface area contributed by atoms with Gasteiger partial charge in [-0.25, -0.2) is 0 Å². The highest BCUT2D eigenvalue weighted by atomic mass is 16.5. The molecule has 1 aliphatic heterocycles. The quantitative estimate of drug-likeness (QED) is 0.922. The fraction of sp³-hybridized carbons (Fsp3) is 0.733. The van der Waals surface area contributed by atoms with E-state index in [4.69, 9.17) is 4.52 Å². The minimum absolute atomic E-state index is 0.0114. The van der Waals surface area contributed by atoms with Crippen molar-refractivity contribution >= 4 is 11.7 Å². The lowest BCUT2D eigenvalue weighted by atomic mass is 9.93. The first kappa shape index (κ1) is 13.6. The summed E-state index contributed by atoms with van der Waals surface area (Å²) in [5.41, 5.74) is -0.0939. The van der Waals surface area contributed by atoms with Crippen molar-refractivity contribution in [1.82, 2.24) is 10.1 Å². The zero-order chi connectivity index (χ0) is 14.3. The Morgan fingerprint density at radius 3 is 2.75 bits per heavy atom. The number of carbonyl (C=O) groups is 1. The van der Waals surface area contributed by atoms with E-state index in [0.717, 1.165) is 25.1 Å². The van der Waals surface area contributed by atoms with E-state index in [1.54, 1.807) is 0 Å². The lowest BCUT2D eigenvalue weighted by molar-refractivity contribution is -0.120. The molecule has 0 bridgehead atoms. The highest BCUT2D eigenvalue weighted by Crippen LogP contribution is 2.34. The maximum absolute atomic E-state index is 12.4. The molecule has 5 nitrogen and oxygen atoms in total. The van der Waals surface area contributed by atoms with Crippen LogP contribution in [-0.4, -0.2) is 34.6 Å². The minimum Gasteiger partial charge on any atom is -0.359 e. The molecule has 1 atom stereocenters. The topological polar surface area (TPSA) is 58.4 Å². The monoisotopic (exact) mass is 277 g/mol. The van der Waals surface area contributed by atoms with Gasteiger partial charge < -0.3 is 9.84 Å². The lowest BCUT2D eigenvalue weighted by Crippen LogP contribution is -2.40. The Bertz CT molecular complexity index is 499. The normalized spacial score (nSPS) is 24.1. The van der Waals surface area contributed by atoms with Gasteiger partial charge in [0, 0.05) is 17.5 Å². The molecule has 0 spiro atoms. The van der Waals surface area contributed by atoms with Crippen LogP contribution in [0.2, 0.25) is 0 Å². The molecular weight excluding hydrogens is 254 g/mol. The maximum Gasteiger partial charge on any atom is 0.242 e. The van der Waals surface area contributed by atoms with E-state index < -0.39 is 0 Å². The third kappa shape index (κ3) is 2.73. The SMILES string of the molecule is CC(C)(C)c1cc(NC(=O)C2CCCN2C2CC2)no1. The van der Waals surface area contributed by atoms with E-state index in [9.17, 15) is 4.79 Å². The van der Waals surface area contributed by atoms with Crippen LogP contribution in [0, 0.1) is 0 Å². The van der Waals surface area contributed by atoms with Crippen LogP contribution in [0.1, 0.15) is 52.2 Å². The number of hydrogen-bond donors (Lipinski definition) is 1. The highest BCUT2D eigenvalue weighted by molar-refractivity contribution is 5.94. The molecule has 1 aromatic rings. The zero-order valence-electron chi connectivity index (χ0n) is 12.5. The molecule has 20 heavy (non-hydrogen) atoms. The van der Waals surface area contributed by atoms with Crippen LogP contribution in [0.3, 0.4) is 0 Å². The van der Waals surface area contributed by atoms with Crippen LogP contribution in [0.15, 0.2) is 10.6 Å². The molecular formula is C15H23N3O2. The molecule has 1 aliphatic carbocycles. The number of rotatable bonds is 3. The average molecular weight is 277 g/mol. The van der Waals surface area contributed by atoms with Crippen molar-refractivity contribution in [3.05, 3.63) is 11.8 Å². The number of hydrogen-bond acceptors (Lipinski definition) is 4. The Morgan fingerprint density at radius 1 is 1.40 bits per heavy atom. The molecule has 2 aliphatic rings. The first-order valence-electron chi connectivity index (χ1n) is 7.49. The average Bonchev–Trinajstić information content (AvgIpc) is 2.91. The Labute approximate surface area is 119 Å². The summed E-state index contributed by atoms with van der Waals surface area (Å²) in [6.07, 6.45) is 4.54. The van der Waals surface area contributed by atoms with Gasteiger partial charge in [-0.1, -0.05) is 25.9 Å². The third-order valence-corrected chi connectivity index (χ3v) is 4.11. The maximum atomic E-state index is 12.4. The summed E-state index contributed by atoms with van der Waals surface area (Å²) in [5.74, 6) is 1.38. The first-order valence-corrected chi connectivity index (χ1v) is 7.49. The van der Waals surface area contributed by atoms with E-state index in [1.807, 2.05) is 6.07 Å². The Hall–Kier alpha value is -1.36. The molecule has 0 aromatic carbocycles. The summed E-state index contributed by atoms with van der Waals surface area (Å²) >= 11 is 0. The fourth-order valence-corrected chi connectivity index (χ4v) is 2.81. The van der Waals surface area contributed by atoms with E-state index in [-0.39, 0.29) is 17.4 Å². The molecule has 1 saturated heterocycles. The Kier molecular flexibility index (Phi) is 3.32. The predicted octanol–water partition coefficient (Wildman–Crippen LogP) is 2.54. The predicted molar refractivity (Wildman–Crippen MR) is 76.6 cm³/mol. The van der Waals surface area contributed by atoms with Gasteiger partial charge >= 0.3 is 0 Å². The smallest absolute Gasteiger partial charge is 0.242 e. The molecule has 3 rings (SSSR count). The first-order chi connectivity index (χ1) is 9.45. The molecule has 1 N–H and O–H groups in total. The number of amides is 1. The third-order valence-electron chi connectivity index (χ3n) is 4.11. The van der Waals surface area contributed by atoms with Crippen molar-refractivity contribution in [2.45, 2.75) is 64.0 Å². The molecule has 2 heterocycles. The van der Waals surface area contributed by atoms with Crippen LogP contribution in [-0.2, 0) is 10.2 Å². The minimum atomic E-state index is -0.0939. The molecule has 1 saturated carbocycles. The number of nitrogens with one attached hydrogen (secondary N) is 1. The van der Waals surface area contributed by atoms with Crippen molar-refractivity contribution in [1.29, 1.82) is 0 Å². The fourth-order valence-electron chi connectivity index (χ4n) is 2.81. The number of aromatic nitrogens is 1. The summed E-state index contributed by atoms with van der Waals surface area (Å²) in [5, 5.41) is 6.86. The van der Waals surface area contributed by atoms with Crippen molar-refractivity contribution in [3.8, 4) is 0 Å². The second-order valence-corrected chi connectivity index (χ2v) is 6.94. The highest BCUT2D eigenvalue weighted by Gasteiger charge is 2.40.